The van der Waals surface area contributed by atoms with Crippen molar-refractivity contribution in [3.05, 3.63) is 75.9 Å². The minimum atomic E-state index is -3.33. The smallest absolute Gasteiger partial charge is 0.254 e. The number of rotatable bonds is 6. The van der Waals surface area contributed by atoms with Gasteiger partial charge in [-0.25, -0.2) is 12.8 Å². The van der Waals surface area contributed by atoms with Gasteiger partial charge in [0.15, 0.2) is 9.84 Å². The minimum Gasteiger partial charge on any atom is -0.363 e. The van der Waals surface area contributed by atoms with Crippen molar-refractivity contribution in [3.8, 4) is 0 Å². The Bertz CT molecular complexity index is 1170. The van der Waals surface area contributed by atoms with Crippen molar-refractivity contribution in [1.82, 2.24) is 5.32 Å². The molecule has 0 spiro atoms. The van der Waals surface area contributed by atoms with E-state index in [9.17, 15) is 22.4 Å². The number of nitrogens with zero attached hydrogens (tertiary/aromatic N) is 1. The van der Waals surface area contributed by atoms with Gasteiger partial charge in [0.05, 0.1) is 11.6 Å². The summed E-state index contributed by atoms with van der Waals surface area (Å²) in [5.41, 5.74) is 1.17. The van der Waals surface area contributed by atoms with E-state index >= 15 is 0 Å². The van der Waals surface area contributed by atoms with Crippen LogP contribution in [0.4, 0.5) is 10.1 Å². The van der Waals surface area contributed by atoms with E-state index < -0.39 is 27.6 Å². The summed E-state index contributed by atoms with van der Waals surface area (Å²) in [6.45, 7) is 2.00. The van der Waals surface area contributed by atoms with Crippen molar-refractivity contribution in [2.45, 2.75) is 31.8 Å². The summed E-state index contributed by atoms with van der Waals surface area (Å²) in [6.07, 6.45) is 2.96. The highest BCUT2D eigenvalue weighted by atomic mass is 35.5. The molecular formula is C23H24ClFN2O4S. The first-order valence-corrected chi connectivity index (χ1v) is 12.4. The number of sulfone groups is 1. The van der Waals surface area contributed by atoms with Gasteiger partial charge in [-0.2, -0.15) is 0 Å². The molecular weight excluding hydrogens is 455 g/mol. The van der Waals surface area contributed by atoms with Crippen molar-refractivity contribution in [2.24, 2.45) is 0 Å². The minimum absolute atomic E-state index is 0.110. The number of nitrogens with one attached hydrogen (secondary N) is 1. The predicted molar refractivity (Wildman–Crippen MR) is 123 cm³/mol. The molecule has 6 nitrogen and oxygen atoms in total. The largest absolute Gasteiger partial charge is 0.363 e. The van der Waals surface area contributed by atoms with Gasteiger partial charge < -0.3 is 10.2 Å². The molecule has 2 aromatic rings. The van der Waals surface area contributed by atoms with E-state index in [1.165, 1.54) is 18.2 Å². The van der Waals surface area contributed by atoms with Crippen molar-refractivity contribution in [3.63, 3.8) is 0 Å². The van der Waals surface area contributed by atoms with Crippen LogP contribution in [0.1, 0.15) is 41.7 Å². The van der Waals surface area contributed by atoms with Crippen LogP contribution in [0.5, 0.6) is 0 Å². The molecule has 2 aromatic carbocycles. The van der Waals surface area contributed by atoms with Gasteiger partial charge in [-0.1, -0.05) is 35.9 Å². The Kier molecular flexibility index (Phi) is 7.36. The summed E-state index contributed by atoms with van der Waals surface area (Å²) < 4.78 is 37.3. The lowest BCUT2D eigenvalue weighted by atomic mass is 9.93. The number of piperidine rings is 1. The van der Waals surface area contributed by atoms with E-state index in [0.717, 1.165) is 17.2 Å². The van der Waals surface area contributed by atoms with Crippen LogP contribution in [0, 0.1) is 5.82 Å². The van der Waals surface area contributed by atoms with Gasteiger partial charge in [-0.15, -0.1) is 0 Å². The van der Waals surface area contributed by atoms with Crippen LogP contribution in [0.15, 0.2) is 53.9 Å². The van der Waals surface area contributed by atoms with E-state index in [1.54, 1.807) is 25.1 Å². The number of halogens is 2. The van der Waals surface area contributed by atoms with Gasteiger partial charge in [-0.05, 0) is 36.8 Å². The number of benzene rings is 2. The number of carbonyl (C=O) groups is 2. The van der Waals surface area contributed by atoms with Crippen LogP contribution >= 0.6 is 11.6 Å². The maximum atomic E-state index is 14.9. The average Bonchev–Trinajstić information content (AvgIpc) is 2.72. The zero-order valence-electron chi connectivity index (χ0n) is 17.7. The molecule has 1 fully saturated rings. The quantitative estimate of drug-likeness (QED) is 0.676. The molecule has 1 amide bonds. The summed E-state index contributed by atoms with van der Waals surface area (Å²) in [5, 5.41) is 4.07. The first-order chi connectivity index (χ1) is 15.0. The molecule has 0 bridgehead atoms. The highest BCUT2D eigenvalue weighted by Crippen LogP contribution is 2.37. The van der Waals surface area contributed by atoms with E-state index in [0.29, 0.717) is 23.7 Å². The molecule has 3 rings (SSSR count). The molecule has 1 unspecified atom stereocenters. The fourth-order valence-corrected chi connectivity index (χ4v) is 4.40. The number of hydrogen-bond donors (Lipinski definition) is 1. The molecule has 0 aromatic heterocycles. The van der Waals surface area contributed by atoms with Gasteiger partial charge in [0, 0.05) is 47.8 Å². The fraction of sp³-hybridized carbons (Fsp3) is 0.304. The summed E-state index contributed by atoms with van der Waals surface area (Å²) in [7, 11) is -3.33. The molecule has 170 valence electrons. The summed E-state index contributed by atoms with van der Waals surface area (Å²) in [4.78, 5) is 26.5. The third-order valence-electron chi connectivity index (χ3n) is 5.20. The standard InChI is InChI=1S/C23H24ClFN2O4S/c1-15(10-12-32(2,30)31)26-23(29)19-8-7-16(13-21(19)25)27-11-9-17(28)14-22(27)18-5-3-4-6-20(18)24/h3-8,10,12-13,15,22H,9,11,14H2,1-2H3,(H,26,29)/b12-10+/t15-,22?/m1/s1. The normalized spacial score (nSPS) is 18.1. The summed E-state index contributed by atoms with van der Waals surface area (Å²) in [5.74, 6) is -1.26. The van der Waals surface area contributed by atoms with Crippen LogP contribution in [0.2, 0.25) is 5.02 Å². The number of hydrogen-bond acceptors (Lipinski definition) is 5. The maximum absolute atomic E-state index is 14.9. The van der Waals surface area contributed by atoms with E-state index in [4.69, 9.17) is 11.6 Å². The number of carbonyl (C=O) groups excluding carboxylic acids is 2. The first kappa shape index (κ1) is 23.9. The lowest BCUT2D eigenvalue weighted by molar-refractivity contribution is -0.120. The Hall–Kier alpha value is -2.71. The van der Waals surface area contributed by atoms with Crippen molar-refractivity contribution in [2.75, 3.05) is 17.7 Å². The van der Waals surface area contributed by atoms with Gasteiger partial charge in [0.2, 0.25) is 0 Å². The van der Waals surface area contributed by atoms with Crippen molar-refractivity contribution < 1.29 is 22.4 Å². The highest BCUT2D eigenvalue weighted by Gasteiger charge is 2.30. The van der Waals surface area contributed by atoms with Gasteiger partial charge in [0.25, 0.3) is 5.91 Å². The molecule has 2 atom stereocenters. The van der Waals surface area contributed by atoms with E-state index in [1.807, 2.05) is 17.0 Å². The van der Waals surface area contributed by atoms with Gasteiger partial charge in [0.1, 0.15) is 11.6 Å². The summed E-state index contributed by atoms with van der Waals surface area (Å²) in [6, 6.07) is 10.6. The zero-order chi connectivity index (χ0) is 23.5. The molecule has 1 heterocycles. The van der Waals surface area contributed by atoms with Crippen LogP contribution in [-0.2, 0) is 14.6 Å². The van der Waals surface area contributed by atoms with Crippen molar-refractivity contribution in [1.29, 1.82) is 0 Å². The zero-order valence-corrected chi connectivity index (χ0v) is 19.3. The second-order valence-electron chi connectivity index (χ2n) is 7.81. The van der Waals surface area contributed by atoms with Gasteiger partial charge in [-0.3, -0.25) is 9.59 Å². The fourth-order valence-electron chi connectivity index (χ4n) is 3.62. The third kappa shape index (κ3) is 5.95. The van der Waals surface area contributed by atoms with Crippen LogP contribution < -0.4 is 10.2 Å². The lowest BCUT2D eigenvalue weighted by Crippen LogP contribution is -2.37. The Labute approximate surface area is 192 Å². The third-order valence-corrected chi connectivity index (χ3v) is 6.19. The molecule has 1 N–H and O–H groups in total. The molecule has 1 aliphatic rings. The number of Topliss-reactive ketones (excluding diaryl/α,β-unsaturated/α-hetero) is 1. The molecule has 0 saturated carbocycles. The topological polar surface area (TPSA) is 83.6 Å². The maximum Gasteiger partial charge on any atom is 0.254 e. The number of ketones is 1. The molecule has 0 radical (unpaired) electrons. The Balaban J connectivity index is 1.83. The monoisotopic (exact) mass is 478 g/mol. The Morgan fingerprint density at radius 2 is 2.00 bits per heavy atom. The van der Waals surface area contributed by atoms with E-state index in [-0.39, 0.29) is 23.8 Å². The second kappa shape index (κ2) is 9.83. The number of amides is 1. The molecule has 9 heteroatoms. The molecule has 1 saturated heterocycles. The van der Waals surface area contributed by atoms with Gasteiger partial charge >= 0.3 is 0 Å². The molecule has 1 aliphatic heterocycles. The summed E-state index contributed by atoms with van der Waals surface area (Å²) >= 11 is 6.35. The second-order valence-corrected chi connectivity index (χ2v) is 10.1. The lowest BCUT2D eigenvalue weighted by Gasteiger charge is -2.37. The molecule has 0 aliphatic carbocycles. The van der Waals surface area contributed by atoms with E-state index in [2.05, 4.69) is 5.32 Å². The Morgan fingerprint density at radius 3 is 2.66 bits per heavy atom. The average molecular weight is 479 g/mol. The first-order valence-electron chi connectivity index (χ1n) is 10.1. The van der Waals surface area contributed by atoms with Crippen LogP contribution in [0.3, 0.4) is 0 Å². The van der Waals surface area contributed by atoms with Crippen LogP contribution in [0.25, 0.3) is 0 Å². The highest BCUT2D eigenvalue weighted by molar-refractivity contribution is 7.93. The van der Waals surface area contributed by atoms with Crippen LogP contribution in [-0.4, -0.2) is 39.0 Å². The SMILES string of the molecule is C[C@H](/C=C/S(C)(=O)=O)NC(=O)c1ccc(N2CCC(=O)CC2c2ccccc2Cl)cc1F. The number of anilines is 1. The van der Waals surface area contributed by atoms with Crippen molar-refractivity contribution >= 4 is 38.8 Å². The Morgan fingerprint density at radius 1 is 1.28 bits per heavy atom. The molecule has 32 heavy (non-hydrogen) atoms. The predicted octanol–water partition coefficient (Wildman–Crippen LogP) is 4.07.